The van der Waals surface area contributed by atoms with Gasteiger partial charge in [0, 0.05) is 24.5 Å². The Morgan fingerprint density at radius 2 is 1.85 bits per heavy atom. The first-order valence-corrected chi connectivity index (χ1v) is 7.04. The molecule has 0 aliphatic heterocycles. The first-order valence-electron chi connectivity index (χ1n) is 7.04. The highest BCUT2D eigenvalue weighted by atomic mass is 14.6. The summed E-state index contributed by atoms with van der Waals surface area (Å²) in [5.74, 6) is 0. The highest BCUT2D eigenvalue weighted by molar-refractivity contribution is 6.01. The third-order valence-electron chi connectivity index (χ3n) is 4.22. The van der Waals surface area contributed by atoms with E-state index in [2.05, 4.69) is 41.4 Å². The number of benzene rings is 2. The van der Waals surface area contributed by atoms with Crippen molar-refractivity contribution in [2.75, 3.05) is 0 Å². The van der Waals surface area contributed by atoms with E-state index >= 15 is 0 Å². The summed E-state index contributed by atoms with van der Waals surface area (Å²) in [5, 5.41) is 2.79. The lowest BCUT2D eigenvalue weighted by atomic mass is 9.95. The number of aryl methyl sites for hydroxylation is 2. The molecule has 98 valence electrons. The lowest BCUT2D eigenvalue weighted by molar-refractivity contribution is 1.02. The molecule has 0 saturated carbocycles. The molecule has 0 bridgehead atoms. The number of hydrogen-bond donors (Lipinski definition) is 1. The third-order valence-corrected chi connectivity index (χ3v) is 4.22. The van der Waals surface area contributed by atoms with Gasteiger partial charge in [0.2, 0.25) is 0 Å². The summed E-state index contributed by atoms with van der Waals surface area (Å²) in [4.78, 5) is 4.32. The van der Waals surface area contributed by atoms with E-state index in [1.165, 1.54) is 27.5 Å². The molecule has 20 heavy (non-hydrogen) atoms. The quantitative estimate of drug-likeness (QED) is 0.766. The zero-order valence-corrected chi connectivity index (χ0v) is 11.3. The van der Waals surface area contributed by atoms with Gasteiger partial charge in [-0.3, -0.25) is 4.98 Å². The lowest BCUT2D eigenvalue weighted by Gasteiger charge is -2.10. The van der Waals surface area contributed by atoms with Crippen LogP contribution in [0.2, 0.25) is 0 Å². The van der Waals surface area contributed by atoms with Crippen molar-refractivity contribution in [3.8, 4) is 11.1 Å². The molecule has 4 rings (SSSR count). The SMILES string of the molecule is NCc1cncc(-c2ccc3c4c(cccc24)CC3)c1. The molecular formula is C18H16N2. The molecule has 2 heteroatoms. The van der Waals surface area contributed by atoms with E-state index in [0.717, 1.165) is 24.0 Å². The molecule has 0 radical (unpaired) electrons. The van der Waals surface area contributed by atoms with Gasteiger partial charge in [0.15, 0.2) is 0 Å². The first-order chi connectivity index (χ1) is 9.86. The minimum atomic E-state index is 0.530. The second-order valence-corrected chi connectivity index (χ2v) is 5.40. The summed E-state index contributed by atoms with van der Waals surface area (Å²) >= 11 is 0. The number of nitrogens with two attached hydrogens (primary N) is 1. The van der Waals surface area contributed by atoms with Crippen LogP contribution in [0.4, 0.5) is 0 Å². The molecule has 1 aliphatic rings. The standard InChI is InChI=1S/C18H16N2/c19-9-12-8-15(11-20-10-12)16-7-6-14-5-4-13-2-1-3-17(16)18(13)14/h1-3,6-8,10-11H,4-5,9,19H2. The van der Waals surface area contributed by atoms with Crippen molar-refractivity contribution in [1.29, 1.82) is 0 Å². The fourth-order valence-corrected chi connectivity index (χ4v) is 3.25. The van der Waals surface area contributed by atoms with E-state index in [9.17, 15) is 0 Å². The molecule has 0 amide bonds. The van der Waals surface area contributed by atoms with Crippen LogP contribution in [0.25, 0.3) is 21.9 Å². The Labute approximate surface area is 118 Å². The average Bonchev–Trinajstić information content (AvgIpc) is 2.93. The number of aromatic nitrogens is 1. The first kappa shape index (κ1) is 11.6. The van der Waals surface area contributed by atoms with Gasteiger partial charge in [-0.1, -0.05) is 30.3 Å². The normalized spacial score (nSPS) is 13.1. The minimum absolute atomic E-state index is 0.530. The smallest absolute Gasteiger partial charge is 0.0346 e. The second kappa shape index (κ2) is 4.43. The molecule has 0 unspecified atom stereocenters. The Balaban J connectivity index is 2.01. The van der Waals surface area contributed by atoms with Gasteiger partial charge >= 0.3 is 0 Å². The maximum absolute atomic E-state index is 5.73. The summed E-state index contributed by atoms with van der Waals surface area (Å²) in [6.07, 6.45) is 6.09. The van der Waals surface area contributed by atoms with E-state index in [1.54, 1.807) is 0 Å². The number of pyridine rings is 1. The molecule has 1 aliphatic carbocycles. The van der Waals surface area contributed by atoms with Crippen molar-refractivity contribution in [2.45, 2.75) is 19.4 Å². The maximum Gasteiger partial charge on any atom is 0.0346 e. The van der Waals surface area contributed by atoms with Crippen LogP contribution < -0.4 is 5.73 Å². The molecule has 0 spiro atoms. The van der Waals surface area contributed by atoms with Gasteiger partial charge in [0.05, 0.1) is 0 Å². The van der Waals surface area contributed by atoms with Gasteiger partial charge in [-0.2, -0.15) is 0 Å². The van der Waals surface area contributed by atoms with Crippen molar-refractivity contribution >= 4 is 10.8 Å². The van der Waals surface area contributed by atoms with Crippen molar-refractivity contribution < 1.29 is 0 Å². The molecule has 2 N–H and O–H groups in total. The van der Waals surface area contributed by atoms with Gasteiger partial charge in [0.1, 0.15) is 0 Å². The number of nitrogens with zero attached hydrogens (tertiary/aromatic N) is 1. The van der Waals surface area contributed by atoms with Crippen molar-refractivity contribution in [3.63, 3.8) is 0 Å². The van der Waals surface area contributed by atoms with Crippen LogP contribution >= 0.6 is 0 Å². The molecule has 2 nitrogen and oxygen atoms in total. The summed E-state index contributed by atoms with van der Waals surface area (Å²) < 4.78 is 0. The molecule has 0 fully saturated rings. The van der Waals surface area contributed by atoms with Crippen LogP contribution in [-0.4, -0.2) is 4.98 Å². The topological polar surface area (TPSA) is 38.9 Å². The third kappa shape index (κ3) is 1.65. The van der Waals surface area contributed by atoms with Crippen molar-refractivity contribution in [3.05, 3.63) is 65.5 Å². The molecule has 0 atom stereocenters. The highest BCUT2D eigenvalue weighted by Gasteiger charge is 2.16. The number of rotatable bonds is 2. The average molecular weight is 260 g/mol. The summed E-state index contributed by atoms with van der Waals surface area (Å²) in [6.45, 7) is 0.530. The van der Waals surface area contributed by atoms with Crippen LogP contribution in [0.15, 0.2) is 48.8 Å². The molecule has 0 saturated heterocycles. The van der Waals surface area contributed by atoms with E-state index in [0.29, 0.717) is 6.54 Å². The van der Waals surface area contributed by atoms with Crippen molar-refractivity contribution in [1.82, 2.24) is 4.98 Å². The fourth-order valence-electron chi connectivity index (χ4n) is 3.25. The molecule has 1 heterocycles. The van der Waals surface area contributed by atoms with Gasteiger partial charge in [-0.05, 0) is 51.9 Å². The van der Waals surface area contributed by atoms with E-state index < -0.39 is 0 Å². The monoisotopic (exact) mass is 260 g/mol. The van der Waals surface area contributed by atoms with E-state index in [1.807, 2.05) is 12.4 Å². The van der Waals surface area contributed by atoms with Gasteiger partial charge < -0.3 is 5.73 Å². The lowest BCUT2D eigenvalue weighted by Crippen LogP contribution is -1.97. The predicted octanol–water partition coefficient (Wildman–Crippen LogP) is 3.46. The molecule has 2 aromatic carbocycles. The zero-order chi connectivity index (χ0) is 13.5. The Morgan fingerprint density at radius 1 is 1.00 bits per heavy atom. The largest absolute Gasteiger partial charge is 0.326 e. The molecular weight excluding hydrogens is 244 g/mol. The minimum Gasteiger partial charge on any atom is -0.326 e. The Kier molecular flexibility index (Phi) is 2.57. The van der Waals surface area contributed by atoms with Crippen LogP contribution in [-0.2, 0) is 19.4 Å². The Morgan fingerprint density at radius 3 is 2.70 bits per heavy atom. The van der Waals surface area contributed by atoms with Crippen LogP contribution in [0.5, 0.6) is 0 Å². The van der Waals surface area contributed by atoms with Crippen LogP contribution in [0, 0.1) is 0 Å². The van der Waals surface area contributed by atoms with Gasteiger partial charge in [-0.15, -0.1) is 0 Å². The van der Waals surface area contributed by atoms with Gasteiger partial charge in [0.25, 0.3) is 0 Å². The van der Waals surface area contributed by atoms with Gasteiger partial charge in [-0.25, -0.2) is 0 Å². The molecule has 3 aromatic rings. The maximum atomic E-state index is 5.73. The summed E-state index contributed by atoms with van der Waals surface area (Å²) in [6, 6.07) is 13.3. The molecule has 1 aromatic heterocycles. The zero-order valence-electron chi connectivity index (χ0n) is 11.3. The van der Waals surface area contributed by atoms with Crippen LogP contribution in [0.1, 0.15) is 16.7 Å². The van der Waals surface area contributed by atoms with Crippen molar-refractivity contribution in [2.24, 2.45) is 5.73 Å². The number of hydrogen-bond acceptors (Lipinski definition) is 2. The Bertz CT molecular complexity index is 795. The van der Waals surface area contributed by atoms with E-state index in [-0.39, 0.29) is 0 Å². The highest BCUT2D eigenvalue weighted by Crippen LogP contribution is 2.36. The predicted molar refractivity (Wildman–Crippen MR) is 82.5 cm³/mol. The summed E-state index contributed by atoms with van der Waals surface area (Å²) in [5.41, 5.74) is 12.2. The van der Waals surface area contributed by atoms with Crippen LogP contribution in [0.3, 0.4) is 0 Å². The summed E-state index contributed by atoms with van der Waals surface area (Å²) in [7, 11) is 0. The Hall–Kier alpha value is -2.19. The van der Waals surface area contributed by atoms with E-state index in [4.69, 9.17) is 5.73 Å². The second-order valence-electron chi connectivity index (χ2n) is 5.40. The fraction of sp³-hybridized carbons (Fsp3) is 0.167.